The van der Waals surface area contributed by atoms with Crippen LogP contribution in [0.1, 0.15) is 28.7 Å². The molecule has 1 fully saturated rings. The SMILES string of the molecule is C=CC1CC(=O)N(Cc2c(C)cc(C)cc2C)C1. The van der Waals surface area contributed by atoms with Crippen LogP contribution in [0.3, 0.4) is 0 Å². The van der Waals surface area contributed by atoms with Crippen molar-refractivity contribution in [1.82, 2.24) is 4.90 Å². The first-order chi connectivity index (χ1) is 8.51. The molecule has 0 spiro atoms. The predicted molar refractivity (Wildman–Crippen MR) is 74.4 cm³/mol. The van der Waals surface area contributed by atoms with Crippen molar-refractivity contribution in [1.29, 1.82) is 0 Å². The Labute approximate surface area is 109 Å². The van der Waals surface area contributed by atoms with Crippen molar-refractivity contribution in [2.75, 3.05) is 6.54 Å². The summed E-state index contributed by atoms with van der Waals surface area (Å²) in [4.78, 5) is 13.9. The minimum Gasteiger partial charge on any atom is -0.338 e. The van der Waals surface area contributed by atoms with Crippen molar-refractivity contribution < 1.29 is 4.79 Å². The number of likely N-dealkylation sites (tertiary alicyclic amines) is 1. The summed E-state index contributed by atoms with van der Waals surface area (Å²) in [5.41, 5.74) is 5.13. The lowest BCUT2D eigenvalue weighted by Crippen LogP contribution is -2.25. The molecule has 1 aliphatic heterocycles. The Morgan fingerprint density at radius 1 is 1.33 bits per heavy atom. The summed E-state index contributed by atoms with van der Waals surface area (Å²) >= 11 is 0. The predicted octanol–water partition coefficient (Wildman–Crippen LogP) is 3.15. The van der Waals surface area contributed by atoms with Crippen molar-refractivity contribution >= 4 is 5.91 Å². The Morgan fingerprint density at radius 2 is 1.94 bits per heavy atom. The molecule has 0 aliphatic carbocycles. The van der Waals surface area contributed by atoms with E-state index in [0.717, 1.165) is 13.1 Å². The first-order valence-electron chi connectivity index (χ1n) is 6.48. The van der Waals surface area contributed by atoms with Crippen molar-refractivity contribution in [2.24, 2.45) is 5.92 Å². The first kappa shape index (κ1) is 12.9. The van der Waals surface area contributed by atoms with E-state index in [4.69, 9.17) is 0 Å². The van der Waals surface area contributed by atoms with Gasteiger partial charge in [0.05, 0.1) is 0 Å². The minimum absolute atomic E-state index is 0.249. The van der Waals surface area contributed by atoms with Gasteiger partial charge in [0.15, 0.2) is 0 Å². The van der Waals surface area contributed by atoms with Crippen LogP contribution >= 0.6 is 0 Å². The van der Waals surface area contributed by atoms with Gasteiger partial charge in [-0.25, -0.2) is 0 Å². The van der Waals surface area contributed by atoms with Crippen LogP contribution in [0.25, 0.3) is 0 Å². The number of rotatable bonds is 3. The zero-order valence-corrected chi connectivity index (χ0v) is 11.5. The van der Waals surface area contributed by atoms with Crippen LogP contribution in [0.5, 0.6) is 0 Å². The van der Waals surface area contributed by atoms with Crippen LogP contribution in [0.4, 0.5) is 0 Å². The van der Waals surface area contributed by atoms with Gasteiger partial charge in [-0.05, 0) is 37.5 Å². The van der Waals surface area contributed by atoms with Gasteiger partial charge in [-0.3, -0.25) is 4.79 Å². The molecule has 1 atom stereocenters. The summed E-state index contributed by atoms with van der Waals surface area (Å²) in [5, 5.41) is 0. The molecular weight excluding hydrogens is 222 g/mol. The average Bonchev–Trinajstić information content (AvgIpc) is 2.64. The molecule has 1 amide bonds. The van der Waals surface area contributed by atoms with Crippen LogP contribution in [0, 0.1) is 26.7 Å². The molecule has 0 radical (unpaired) electrons. The number of nitrogens with zero attached hydrogens (tertiary/aromatic N) is 1. The highest BCUT2D eigenvalue weighted by Gasteiger charge is 2.27. The molecule has 0 saturated carbocycles. The molecule has 1 aromatic rings. The van der Waals surface area contributed by atoms with Gasteiger partial charge in [0.25, 0.3) is 0 Å². The van der Waals surface area contributed by atoms with Crippen LogP contribution in [0.2, 0.25) is 0 Å². The third kappa shape index (κ3) is 2.47. The summed E-state index contributed by atoms with van der Waals surface area (Å²) < 4.78 is 0. The number of amides is 1. The number of benzene rings is 1. The molecule has 2 rings (SSSR count). The van der Waals surface area contributed by atoms with Gasteiger partial charge in [-0.1, -0.05) is 23.8 Å². The lowest BCUT2D eigenvalue weighted by molar-refractivity contribution is -0.128. The summed E-state index contributed by atoms with van der Waals surface area (Å²) in [6.07, 6.45) is 2.51. The van der Waals surface area contributed by atoms with E-state index < -0.39 is 0 Å². The first-order valence-corrected chi connectivity index (χ1v) is 6.48. The smallest absolute Gasteiger partial charge is 0.223 e. The largest absolute Gasteiger partial charge is 0.338 e. The molecule has 0 bridgehead atoms. The Morgan fingerprint density at radius 3 is 2.44 bits per heavy atom. The van der Waals surface area contributed by atoms with Crippen molar-refractivity contribution in [3.63, 3.8) is 0 Å². The summed E-state index contributed by atoms with van der Waals surface area (Å²) in [6, 6.07) is 4.38. The lowest BCUT2D eigenvalue weighted by Gasteiger charge is -2.20. The fourth-order valence-corrected chi connectivity index (χ4v) is 2.76. The lowest BCUT2D eigenvalue weighted by atomic mass is 9.99. The molecule has 96 valence electrons. The number of carbonyl (C=O) groups is 1. The van der Waals surface area contributed by atoms with Crippen molar-refractivity contribution in [3.8, 4) is 0 Å². The van der Waals surface area contributed by atoms with Crippen molar-refractivity contribution in [3.05, 3.63) is 47.0 Å². The van der Waals surface area contributed by atoms with E-state index in [2.05, 4.69) is 39.5 Å². The standard InChI is InChI=1S/C16H21NO/c1-5-14-8-16(18)17(9-14)10-15-12(3)6-11(2)7-13(15)4/h5-7,14H,1,8-10H2,2-4H3. The van der Waals surface area contributed by atoms with E-state index in [0.29, 0.717) is 12.3 Å². The summed E-state index contributed by atoms with van der Waals surface area (Å²) in [6.45, 7) is 11.7. The van der Waals surface area contributed by atoms with Crippen LogP contribution in [-0.4, -0.2) is 17.4 Å². The maximum atomic E-state index is 11.9. The molecule has 1 aromatic carbocycles. The Bertz CT molecular complexity index is 467. The molecule has 1 heterocycles. The average molecular weight is 243 g/mol. The van der Waals surface area contributed by atoms with E-state index >= 15 is 0 Å². The molecule has 0 N–H and O–H groups in total. The highest BCUT2D eigenvalue weighted by molar-refractivity contribution is 5.79. The molecule has 2 heteroatoms. The van der Waals surface area contributed by atoms with E-state index in [1.807, 2.05) is 11.0 Å². The second-order valence-corrected chi connectivity index (χ2v) is 5.35. The summed E-state index contributed by atoms with van der Waals surface area (Å²) in [7, 11) is 0. The van der Waals surface area contributed by atoms with Crippen LogP contribution in [-0.2, 0) is 11.3 Å². The van der Waals surface area contributed by atoms with Gasteiger partial charge >= 0.3 is 0 Å². The number of carbonyl (C=O) groups excluding carboxylic acids is 1. The topological polar surface area (TPSA) is 20.3 Å². The molecule has 2 nitrogen and oxygen atoms in total. The maximum absolute atomic E-state index is 11.9. The number of hydrogen-bond donors (Lipinski definition) is 0. The van der Waals surface area contributed by atoms with Gasteiger partial charge < -0.3 is 4.90 Å². The van der Waals surface area contributed by atoms with Crippen molar-refractivity contribution in [2.45, 2.75) is 33.7 Å². The monoisotopic (exact) mass is 243 g/mol. The highest BCUT2D eigenvalue weighted by atomic mass is 16.2. The second-order valence-electron chi connectivity index (χ2n) is 5.35. The molecular formula is C16H21NO. The second kappa shape index (κ2) is 4.97. The summed E-state index contributed by atoms with van der Waals surface area (Å²) in [5.74, 6) is 0.572. The fraction of sp³-hybridized carbons (Fsp3) is 0.438. The number of aryl methyl sites for hydroxylation is 3. The van der Waals surface area contributed by atoms with Crippen LogP contribution < -0.4 is 0 Å². The zero-order valence-electron chi connectivity index (χ0n) is 11.5. The van der Waals surface area contributed by atoms with Gasteiger partial charge in [0.2, 0.25) is 5.91 Å². The van der Waals surface area contributed by atoms with E-state index in [1.54, 1.807) is 0 Å². The zero-order chi connectivity index (χ0) is 13.3. The quantitative estimate of drug-likeness (QED) is 0.747. The molecule has 1 unspecified atom stereocenters. The normalized spacial score (nSPS) is 19.4. The molecule has 1 saturated heterocycles. The van der Waals surface area contributed by atoms with Gasteiger partial charge in [0.1, 0.15) is 0 Å². The highest BCUT2D eigenvalue weighted by Crippen LogP contribution is 2.24. The van der Waals surface area contributed by atoms with Gasteiger partial charge in [-0.15, -0.1) is 6.58 Å². The Hall–Kier alpha value is -1.57. The minimum atomic E-state index is 0.249. The van der Waals surface area contributed by atoms with Crippen LogP contribution in [0.15, 0.2) is 24.8 Å². The fourth-order valence-electron chi connectivity index (χ4n) is 2.76. The van der Waals surface area contributed by atoms with Gasteiger partial charge in [-0.2, -0.15) is 0 Å². The van der Waals surface area contributed by atoms with E-state index in [-0.39, 0.29) is 5.91 Å². The Kier molecular flexibility index (Phi) is 3.55. The molecule has 0 aromatic heterocycles. The third-order valence-electron chi connectivity index (χ3n) is 3.77. The number of hydrogen-bond acceptors (Lipinski definition) is 1. The van der Waals surface area contributed by atoms with E-state index in [9.17, 15) is 4.79 Å². The maximum Gasteiger partial charge on any atom is 0.223 e. The molecule has 18 heavy (non-hydrogen) atoms. The molecule has 1 aliphatic rings. The Balaban J connectivity index is 2.20. The van der Waals surface area contributed by atoms with Gasteiger partial charge in [0, 0.05) is 25.4 Å². The van der Waals surface area contributed by atoms with E-state index in [1.165, 1.54) is 22.3 Å². The third-order valence-corrected chi connectivity index (χ3v) is 3.77.